The number of ether oxygens (including phenoxy) is 2. The number of hydrogen-bond acceptors (Lipinski definition) is 5. The molecule has 0 aliphatic heterocycles. The van der Waals surface area contributed by atoms with Gasteiger partial charge in [0.25, 0.3) is 0 Å². The third-order valence-electron chi connectivity index (χ3n) is 6.12. The Balaban J connectivity index is 0.00000323. The van der Waals surface area contributed by atoms with E-state index in [1.54, 1.807) is 12.1 Å². The molecule has 40 heavy (non-hydrogen) atoms. The predicted molar refractivity (Wildman–Crippen MR) is 157 cm³/mol. The van der Waals surface area contributed by atoms with E-state index in [9.17, 15) is 9.90 Å². The lowest BCUT2D eigenvalue weighted by Crippen LogP contribution is -1.99. The summed E-state index contributed by atoms with van der Waals surface area (Å²) in [7, 11) is 0. The van der Waals surface area contributed by atoms with Gasteiger partial charge in [-0.1, -0.05) is 43.8 Å². The fourth-order valence-corrected chi connectivity index (χ4v) is 4.20. The fourth-order valence-electron chi connectivity index (χ4n) is 4.20. The number of fused-ring (bicyclic) bond motifs is 1. The van der Waals surface area contributed by atoms with Crippen LogP contribution in [-0.2, 0) is 0 Å². The Labute approximate surface area is 232 Å². The summed E-state index contributed by atoms with van der Waals surface area (Å²) in [4.78, 5) is 21.3. The topological polar surface area (TPSA) is 81.5 Å². The molecule has 0 atom stereocenters. The smallest absolute Gasteiger partial charge is 0.335 e. The molecule has 1 N–H and O–H groups in total. The van der Waals surface area contributed by atoms with Gasteiger partial charge in [-0.2, -0.15) is 0 Å². The maximum atomic E-state index is 11.6. The molecule has 6 nitrogen and oxygen atoms in total. The number of para-hydroxylation sites is 2. The van der Waals surface area contributed by atoms with E-state index in [1.807, 2.05) is 109 Å². The minimum absolute atomic E-state index is 0. The quantitative estimate of drug-likeness (QED) is 0.224. The lowest BCUT2D eigenvalue weighted by atomic mass is 10.0. The maximum Gasteiger partial charge on any atom is 0.335 e. The standard InChI is InChI=1S/C33H22N2O4.CH4/c36-33(37)24-15-20-29-30(21-24)35-32(23-13-18-28(19-14-23)39-26-9-5-2-6-10-26)31(34-29)22-11-16-27(17-12-22)38-25-7-3-1-4-8-25;/h1-21H,(H,36,37);1H4. The molecule has 1 aromatic heterocycles. The van der Waals surface area contributed by atoms with Crippen LogP contribution in [0.5, 0.6) is 23.0 Å². The van der Waals surface area contributed by atoms with Crippen molar-refractivity contribution in [1.82, 2.24) is 9.97 Å². The van der Waals surface area contributed by atoms with E-state index in [1.165, 1.54) is 6.07 Å². The van der Waals surface area contributed by atoms with E-state index in [-0.39, 0.29) is 13.0 Å². The van der Waals surface area contributed by atoms with Crippen molar-refractivity contribution in [3.8, 4) is 45.5 Å². The van der Waals surface area contributed by atoms with Crippen molar-refractivity contribution in [2.45, 2.75) is 7.43 Å². The van der Waals surface area contributed by atoms with E-state index in [2.05, 4.69) is 0 Å². The van der Waals surface area contributed by atoms with Crippen molar-refractivity contribution in [3.63, 3.8) is 0 Å². The number of carboxylic acid groups (broad SMARTS) is 1. The second kappa shape index (κ2) is 11.5. The lowest BCUT2D eigenvalue weighted by Gasteiger charge is -2.13. The van der Waals surface area contributed by atoms with E-state index >= 15 is 0 Å². The minimum Gasteiger partial charge on any atom is -0.478 e. The van der Waals surface area contributed by atoms with Crippen LogP contribution in [0.3, 0.4) is 0 Å². The van der Waals surface area contributed by atoms with Crippen molar-refractivity contribution in [2.24, 2.45) is 0 Å². The van der Waals surface area contributed by atoms with Gasteiger partial charge in [0.1, 0.15) is 23.0 Å². The third-order valence-corrected chi connectivity index (χ3v) is 6.12. The normalized spacial score (nSPS) is 10.5. The average molecular weight is 527 g/mol. The van der Waals surface area contributed by atoms with Crippen LogP contribution in [0, 0.1) is 0 Å². The van der Waals surface area contributed by atoms with Gasteiger partial charge in [-0.15, -0.1) is 0 Å². The number of carbonyl (C=O) groups is 1. The van der Waals surface area contributed by atoms with Gasteiger partial charge >= 0.3 is 5.97 Å². The zero-order valence-electron chi connectivity index (χ0n) is 20.7. The van der Waals surface area contributed by atoms with Crippen LogP contribution in [-0.4, -0.2) is 21.0 Å². The molecule has 0 saturated heterocycles. The summed E-state index contributed by atoms with van der Waals surface area (Å²) < 4.78 is 11.9. The highest BCUT2D eigenvalue weighted by Crippen LogP contribution is 2.34. The van der Waals surface area contributed by atoms with Gasteiger partial charge in [-0.25, -0.2) is 14.8 Å². The molecule has 1 heterocycles. The highest BCUT2D eigenvalue weighted by molar-refractivity contribution is 5.94. The molecule has 0 unspecified atom stereocenters. The van der Waals surface area contributed by atoms with Crippen molar-refractivity contribution >= 4 is 17.0 Å². The van der Waals surface area contributed by atoms with Gasteiger partial charge in [0.2, 0.25) is 0 Å². The zero-order valence-corrected chi connectivity index (χ0v) is 20.7. The minimum atomic E-state index is -1.01. The summed E-state index contributed by atoms with van der Waals surface area (Å²) >= 11 is 0. The molecule has 0 spiro atoms. The van der Waals surface area contributed by atoms with Crippen LogP contribution in [0.1, 0.15) is 17.8 Å². The molecule has 0 saturated carbocycles. The van der Waals surface area contributed by atoms with Gasteiger partial charge in [-0.05, 0) is 91.0 Å². The third kappa shape index (κ3) is 5.66. The van der Waals surface area contributed by atoms with Gasteiger partial charge in [0, 0.05) is 11.1 Å². The number of aromatic carboxylic acids is 1. The lowest BCUT2D eigenvalue weighted by molar-refractivity contribution is 0.0697. The van der Waals surface area contributed by atoms with E-state index in [4.69, 9.17) is 19.4 Å². The molecule has 0 aliphatic rings. The Bertz CT molecular complexity index is 1750. The molecule has 0 aliphatic carbocycles. The molecule has 0 bridgehead atoms. The Kier molecular flexibility index (Phi) is 7.51. The average Bonchev–Trinajstić information content (AvgIpc) is 2.98. The zero-order chi connectivity index (χ0) is 26.6. The molecule has 0 fully saturated rings. The number of nitrogens with zero attached hydrogens (tertiary/aromatic N) is 2. The highest BCUT2D eigenvalue weighted by Gasteiger charge is 2.15. The number of aromatic nitrogens is 2. The summed E-state index contributed by atoms with van der Waals surface area (Å²) in [6, 6.07) is 39.2. The molecule has 6 heteroatoms. The van der Waals surface area contributed by atoms with E-state index in [0.29, 0.717) is 33.9 Å². The van der Waals surface area contributed by atoms with Crippen LogP contribution < -0.4 is 9.47 Å². The van der Waals surface area contributed by atoms with Crippen LogP contribution in [0.25, 0.3) is 33.5 Å². The molecule has 196 valence electrons. The monoisotopic (exact) mass is 526 g/mol. The Hall–Kier alpha value is -5.49. The van der Waals surface area contributed by atoms with Crippen molar-refractivity contribution in [2.75, 3.05) is 0 Å². The number of rotatable bonds is 7. The molecular formula is C34H26N2O4. The summed E-state index contributed by atoms with van der Waals surface area (Å²) in [5.74, 6) is 1.88. The molecular weight excluding hydrogens is 500 g/mol. The molecule has 6 rings (SSSR count). The number of hydrogen-bond donors (Lipinski definition) is 1. The highest BCUT2D eigenvalue weighted by atomic mass is 16.5. The first-order valence-corrected chi connectivity index (χ1v) is 12.3. The summed E-state index contributed by atoms with van der Waals surface area (Å²) in [6.07, 6.45) is 0. The van der Waals surface area contributed by atoms with Crippen LogP contribution in [0.4, 0.5) is 0 Å². The van der Waals surface area contributed by atoms with Gasteiger partial charge < -0.3 is 14.6 Å². The summed E-state index contributed by atoms with van der Waals surface area (Å²) in [5.41, 5.74) is 4.25. The predicted octanol–water partition coefficient (Wildman–Crippen LogP) is 8.88. The molecule has 5 aromatic carbocycles. The first kappa shape index (κ1) is 26.1. The summed E-state index contributed by atoms with van der Waals surface area (Å²) in [6.45, 7) is 0. The summed E-state index contributed by atoms with van der Waals surface area (Å²) in [5, 5.41) is 9.47. The Morgan fingerprint density at radius 2 is 0.950 bits per heavy atom. The second-order valence-corrected chi connectivity index (χ2v) is 8.81. The van der Waals surface area contributed by atoms with Crippen LogP contribution in [0.15, 0.2) is 127 Å². The maximum absolute atomic E-state index is 11.6. The van der Waals surface area contributed by atoms with Gasteiger partial charge in [0.15, 0.2) is 0 Å². The Morgan fingerprint density at radius 1 is 0.525 bits per heavy atom. The first-order chi connectivity index (χ1) is 19.1. The van der Waals surface area contributed by atoms with Gasteiger partial charge in [0.05, 0.1) is 28.0 Å². The van der Waals surface area contributed by atoms with E-state index < -0.39 is 5.97 Å². The fraction of sp³-hybridized carbons (Fsp3) is 0.0294. The molecule has 0 amide bonds. The molecule has 0 radical (unpaired) electrons. The SMILES string of the molecule is C.O=C(O)c1ccc2nc(-c3ccc(Oc4ccccc4)cc3)c(-c3ccc(Oc4ccccc4)cc3)nc2c1. The van der Waals surface area contributed by atoms with Crippen molar-refractivity contribution < 1.29 is 19.4 Å². The largest absolute Gasteiger partial charge is 0.478 e. The Morgan fingerprint density at radius 3 is 1.40 bits per heavy atom. The van der Waals surface area contributed by atoms with Crippen molar-refractivity contribution in [3.05, 3.63) is 133 Å². The number of carboxylic acids is 1. The number of benzene rings is 5. The van der Waals surface area contributed by atoms with Crippen molar-refractivity contribution in [1.29, 1.82) is 0 Å². The first-order valence-electron chi connectivity index (χ1n) is 12.3. The van der Waals surface area contributed by atoms with Crippen LogP contribution >= 0.6 is 0 Å². The van der Waals surface area contributed by atoms with E-state index in [0.717, 1.165) is 22.6 Å². The molecule has 6 aromatic rings. The van der Waals surface area contributed by atoms with Crippen LogP contribution in [0.2, 0.25) is 0 Å². The second-order valence-electron chi connectivity index (χ2n) is 8.81. The van der Waals surface area contributed by atoms with Gasteiger partial charge in [-0.3, -0.25) is 0 Å².